The molecule has 0 aliphatic rings. The minimum Gasteiger partial charge on any atom is -0.395 e. The third-order valence-electron chi connectivity index (χ3n) is 3.59. The second-order valence-electron chi connectivity index (χ2n) is 5.03. The first kappa shape index (κ1) is 16.6. The van der Waals surface area contributed by atoms with Crippen molar-refractivity contribution in [1.82, 2.24) is 0 Å². The summed E-state index contributed by atoms with van der Waals surface area (Å²) in [6.45, 7) is -0.378. The van der Waals surface area contributed by atoms with Gasteiger partial charge in [0.15, 0.2) is 0 Å². The highest BCUT2D eigenvalue weighted by molar-refractivity contribution is 6.42. The Morgan fingerprint density at radius 2 is 1.43 bits per heavy atom. The van der Waals surface area contributed by atoms with Crippen molar-refractivity contribution >= 4 is 34.8 Å². The molecule has 2 N–H and O–H groups in total. The van der Waals surface area contributed by atoms with Crippen LogP contribution >= 0.6 is 34.8 Å². The molecule has 0 atom stereocenters. The molecule has 0 saturated heterocycles. The van der Waals surface area contributed by atoms with E-state index in [-0.39, 0.29) is 13.2 Å². The molecule has 5 heteroatoms. The average Bonchev–Trinajstić information content (AvgIpc) is 2.49. The topological polar surface area (TPSA) is 40.5 Å². The third kappa shape index (κ3) is 3.71. The SMILES string of the molecule is OCC(CO)(Cc1ccc(Cl)c(Cl)c1)c1ccc(Cl)cc1. The molecule has 0 aliphatic heterocycles. The summed E-state index contributed by atoms with van der Waals surface area (Å²) in [5.41, 5.74) is 0.923. The van der Waals surface area contributed by atoms with Gasteiger partial charge in [-0.15, -0.1) is 0 Å². The zero-order chi connectivity index (χ0) is 15.5. The highest BCUT2D eigenvalue weighted by Gasteiger charge is 2.31. The number of hydrogen-bond donors (Lipinski definition) is 2. The van der Waals surface area contributed by atoms with E-state index < -0.39 is 5.41 Å². The number of hydrogen-bond acceptors (Lipinski definition) is 2. The summed E-state index contributed by atoms with van der Waals surface area (Å²) in [5, 5.41) is 21.2. The molecule has 0 aliphatic carbocycles. The number of aliphatic hydroxyl groups is 2. The average molecular weight is 346 g/mol. The van der Waals surface area contributed by atoms with Gasteiger partial charge in [-0.3, -0.25) is 0 Å². The fraction of sp³-hybridized carbons (Fsp3) is 0.250. The Morgan fingerprint density at radius 3 is 1.95 bits per heavy atom. The van der Waals surface area contributed by atoms with Gasteiger partial charge >= 0.3 is 0 Å². The molecule has 2 aromatic rings. The van der Waals surface area contributed by atoms with Gasteiger partial charge in [-0.1, -0.05) is 53.0 Å². The molecule has 21 heavy (non-hydrogen) atoms. The predicted molar refractivity (Wildman–Crippen MR) is 87.5 cm³/mol. The molecule has 2 rings (SSSR count). The fourth-order valence-corrected chi connectivity index (χ4v) is 2.74. The van der Waals surface area contributed by atoms with Gasteiger partial charge in [-0.25, -0.2) is 0 Å². The van der Waals surface area contributed by atoms with Crippen LogP contribution in [0.4, 0.5) is 0 Å². The van der Waals surface area contributed by atoms with E-state index in [1.165, 1.54) is 0 Å². The smallest absolute Gasteiger partial charge is 0.0595 e. The summed E-state index contributed by atoms with van der Waals surface area (Å²) in [5.74, 6) is 0. The summed E-state index contributed by atoms with van der Waals surface area (Å²) in [4.78, 5) is 0. The largest absolute Gasteiger partial charge is 0.395 e. The van der Waals surface area contributed by atoms with Crippen molar-refractivity contribution in [3.8, 4) is 0 Å². The monoisotopic (exact) mass is 344 g/mol. The van der Waals surface area contributed by atoms with Gasteiger partial charge in [0.1, 0.15) is 0 Å². The van der Waals surface area contributed by atoms with Crippen molar-refractivity contribution in [3.63, 3.8) is 0 Å². The van der Waals surface area contributed by atoms with Crippen molar-refractivity contribution in [2.24, 2.45) is 0 Å². The standard InChI is InChI=1S/C16H15Cl3O2/c17-13-4-2-12(3-5-13)16(9-20,10-21)8-11-1-6-14(18)15(19)7-11/h1-7,20-21H,8-10H2. The van der Waals surface area contributed by atoms with Gasteiger partial charge in [0.25, 0.3) is 0 Å². The van der Waals surface area contributed by atoms with Crippen LogP contribution in [-0.4, -0.2) is 23.4 Å². The maximum absolute atomic E-state index is 9.83. The minimum atomic E-state index is -0.790. The highest BCUT2D eigenvalue weighted by Crippen LogP contribution is 2.31. The van der Waals surface area contributed by atoms with Gasteiger partial charge in [-0.05, 0) is 41.8 Å². The van der Waals surface area contributed by atoms with Gasteiger partial charge in [-0.2, -0.15) is 0 Å². The molecule has 0 unspecified atom stereocenters. The minimum absolute atomic E-state index is 0.189. The van der Waals surface area contributed by atoms with Crippen molar-refractivity contribution in [1.29, 1.82) is 0 Å². The lowest BCUT2D eigenvalue weighted by molar-refractivity contribution is 0.116. The lowest BCUT2D eigenvalue weighted by Gasteiger charge is -2.30. The van der Waals surface area contributed by atoms with Gasteiger partial charge in [0.2, 0.25) is 0 Å². The van der Waals surface area contributed by atoms with E-state index in [9.17, 15) is 10.2 Å². The maximum Gasteiger partial charge on any atom is 0.0595 e. The molecule has 0 fully saturated rings. The Labute approximate surface area is 138 Å². The van der Waals surface area contributed by atoms with Gasteiger partial charge in [0, 0.05) is 10.4 Å². The van der Waals surface area contributed by atoms with Gasteiger partial charge in [0.05, 0.1) is 23.3 Å². The Kier molecular flexibility index (Phi) is 5.53. The van der Waals surface area contributed by atoms with Crippen LogP contribution in [0.15, 0.2) is 42.5 Å². The first-order chi connectivity index (χ1) is 10.0. The van der Waals surface area contributed by atoms with Crippen molar-refractivity contribution in [3.05, 3.63) is 68.7 Å². The molecule has 0 heterocycles. The molecule has 0 bridgehead atoms. The van der Waals surface area contributed by atoms with Crippen molar-refractivity contribution < 1.29 is 10.2 Å². The lowest BCUT2D eigenvalue weighted by Crippen LogP contribution is -2.37. The van der Waals surface area contributed by atoms with E-state index in [1.54, 1.807) is 24.3 Å². The second kappa shape index (κ2) is 6.99. The molecule has 112 valence electrons. The van der Waals surface area contributed by atoms with E-state index in [1.807, 2.05) is 18.2 Å². The number of rotatable bonds is 5. The van der Waals surface area contributed by atoms with E-state index in [0.717, 1.165) is 11.1 Å². The summed E-state index contributed by atoms with van der Waals surface area (Å²) >= 11 is 17.8. The van der Waals surface area contributed by atoms with E-state index in [2.05, 4.69) is 0 Å². The molecule has 0 amide bonds. The van der Waals surface area contributed by atoms with Crippen LogP contribution in [0.3, 0.4) is 0 Å². The van der Waals surface area contributed by atoms with Crippen LogP contribution in [0.25, 0.3) is 0 Å². The molecule has 0 saturated carbocycles. The van der Waals surface area contributed by atoms with Crippen LogP contribution < -0.4 is 0 Å². The summed E-state index contributed by atoms with van der Waals surface area (Å²) in [7, 11) is 0. The second-order valence-corrected chi connectivity index (χ2v) is 6.28. The third-order valence-corrected chi connectivity index (χ3v) is 4.58. The number of aliphatic hydroxyl groups excluding tert-OH is 2. The van der Waals surface area contributed by atoms with Crippen molar-refractivity contribution in [2.75, 3.05) is 13.2 Å². The molecule has 0 spiro atoms. The summed E-state index contributed by atoms with van der Waals surface area (Å²) < 4.78 is 0. The Morgan fingerprint density at radius 1 is 0.810 bits per heavy atom. The first-order valence-corrected chi connectivity index (χ1v) is 7.56. The van der Waals surface area contributed by atoms with Gasteiger partial charge < -0.3 is 10.2 Å². The number of halogens is 3. The van der Waals surface area contributed by atoms with Crippen LogP contribution in [0, 0.1) is 0 Å². The fourth-order valence-electron chi connectivity index (χ4n) is 2.29. The van der Waals surface area contributed by atoms with Crippen LogP contribution in [0.2, 0.25) is 15.1 Å². The van der Waals surface area contributed by atoms with E-state index in [0.29, 0.717) is 21.5 Å². The highest BCUT2D eigenvalue weighted by atomic mass is 35.5. The Bertz CT molecular complexity index is 607. The quantitative estimate of drug-likeness (QED) is 0.856. The molecule has 0 aromatic heterocycles. The zero-order valence-corrected chi connectivity index (χ0v) is 13.5. The lowest BCUT2D eigenvalue weighted by atomic mass is 9.77. The van der Waals surface area contributed by atoms with Crippen LogP contribution in [0.5, 0.6) is 0 Å². The first-order valence-electron chi connectivity index (χ1n) is 6.42. The summed E-state index contributed by atoms with van der Waals surface area (Å²) in [6, 6.07) is 12.4. The summed E-state index contributed by atoms with van der Waals surface area (Å²) in [6.07, 6.45) is 0.443. The van der Waals surface area contributed by atoms with Crippen LogP contribution in [-0.2, 0) is 11.8 Å². The normalized spacial score (nSPS) is 11.7. The Balaban J connectivity index is 2.37. The van der Waals surface area contributed by atoms with E-state index in [4.69, 9.17) is 34.8 Å². The zero-order valence-electron chi connectivity index (χ0n) is 11.2. The number of benzene rings is 2. The molecule has 0 radical (unpaired) electrons. The maximum atomic E-state index is 9.83. The molecule has 2 aromatic carbocycles. The van der Waals surface area contributed by atoms with Crippen LogP contribution in [0.1, 0.15) is 11.1 Å². The molecular formula is C16H15Cl3O2. The molecule has 2 nitrogen and oxygen atoms in total. The van der Waals surface area contributed by atoms with Crippen molar-refractivity contribution in [2.45, 2.75) is 11.8 Å². The molecular weight excluding hydrogens is 331 g/mol. The van der Waals surface area contributed by atoms with E-state index >= 15 is 0 Å². The predicted octanol–water partition coefficient (Wildman–Crippen LogP) is 4.11. The Hall–Kier alpha value is -0.770.